The fraction of sp³-hybridized carbons (Fsp3) is 0.190. The lowest BCUT2D eigenvalue weighted by atomic mass is 10.1. The topological polar surface area (TPSA) is 81.1 Å². The van der Waals surface area contributed by atoms with Gasteiger partial charge in [-0.15, -0.1) is 0 Å². The highest BCUT2D eigenvalue weighted by Crippen LogP contribution is 2.33. The van der Waals surface area contributed by atoms with Crippen molar-refractivity contribution >= 4 is 11.3 Å². The van der Waals surface area contributed by atoms with Crippen LogP contribution in [0, 0.1) is 0 Å². The number of anilines is 1. The molecule has 27 heavy (non-hydrogen) atoms. The van der Waals surface area contributed by atoms with Gasteiger partial charge in [-0.1, -0.05) is 30.3 Å². The minimum Gasteiger partial charge on any atom is -0.382 e. The zero-order valence-corrected chi connectivity index (χ0v) is 14.8. The van der Waals surface area contributed by atoms with E-state index in [0.717, 1.165) is 53.2 Å². The van der Waals surface area contributed by atoms with Crippen LogP contribution in [-0.4, -0.2) is 25.9 Å². The van der Waals surface area contributed by atoms with E-state index in [1.54, 1.807) is 12.4 Å². The van der Waals surface area contributed by atoms with Crippen LogP contribution in [0.1, 0.15) is 24.7 Å². The van der Waals surface area contributed by atoms with Crippen LogP contribution in [0.15, 0.2) is 61.1 Å². The minimum absolute atomic E-state index is 0.251. The maximum Gasteiger partial charge on any atom is 0.150 e. The third-order valence-electron chi connectivity index (χ3n) is 5.10. The monoisotopic (exact) mass is 356 g/mol. The first-order valence-corrected chi connectivity index (χ1v) is 9.19. The molecule has 0 radical (unpaired) electrons. The van der Waals surface area contributed by atoms with Crippen LogP contribution in [-0.2, 0) is 0 Å². The van der Waals surface area contributed by atoms with Gasteiger partial charge in [0.15, 0.2) is 0 Å². The molecule has 1 aliphatic heterocycles. The normalized spacial score (nSPS) is 16.8. The van der Waals surface area contributed by atoms with E-state index in [2.05, 4.69) is 44.0 Å². The Morgan fingerprint density at radius 3 is 2.59 bits per heavy atom. The van der Waals surface area contributed by atoms with Crippen LogP contribution in [0.3, 0.4) is 0 Å². The molecule has 3 N–H and O–H groups in total. The number of pyridine rings is 1. The Labute approximate surface area is 157 Å². The summed E-state index contributed by atoms with van der Waals surface area (Å²) in [4.78, 5) is 13.7. The standard InChI is InChI=1S/C21H20N6/c22-20-19-18(15-8-6-14(7-9-15)16-4-1-2-10-23-16)26-21(17-5-3-11-24-17)27(19)13-12-25-20/h1-2,4,6-10,12-13,17,24H,3,5,11H2,(H2,22,25). The molecular weight excluding hydrogens is 336 g/mol. The average Bonchev–Trinajstić information content (AvgIpc) is 3.37. The van der Waals surface area contributed by atoms with Gasteiger partial charge in [-0.05, 0) is 31.5 Å². The minimum atomic E-state index is 0.251. The third kappa shape index (κ3) is 2.74. The molecule has 1 aromatic carbocycles. The van der Waals surface area contributed by atoms with Gasteiger partial charge in [0.1, 0.15) is 22.9 Å². The molecule has 0 bridgehead atoms. The van der Waals surface area contributed by atoms with Gasteiger partial charge >= 0.3 is 0 Å². The summed E-state index contributed by atoms with van der Waals surface area (Å²) in [5, 5.41) is 3.53. The van der Waals surface area contributed by atoms with Crippen molar-refractivity contribution in [2.75, 3.05) is 12.3 Å². The summed E-state index contributed by atoms with van der Waals surface area (Å²) in [6.07, 6.45) is 7.73. The number of benzene rings is 1. The molecule has 1 saturated heterocycles. The molecule has 6 nitrogen and oxygen atoms in total. The second-order valence-corrected chi connectivity index (χ2v) is 6.79. The Kier molecular flexibility index (Phi) is 3.83. The van der Waals surface area contributed by atoms with Crippen LogP contribution < -0.4 is 11.1 Å². The van der Waals surface area contributed by atoms with Gasteiger partial charge < -0.3 is 11.1 Å². The highest BCUT2D eigenvalue weighted by Gasteiger charge is 2.24. The van der Waals surface area contributed by atoms with Gasteiger partial charge in [0.2, 0.25) is 0 Å². The van der Waals surface area contributed by atoms with Gasteiger partial charge in [-0.2, -0.15) is 0 Å². The van der Waals surface area contributed by atoms with E-state index >= 15 is 0 Å². The summed E-state index contributed by atoms with van der Waals surface area (Å²) < 4.78 is 2.08. The molecule has 0 saturated carbocycles. The van der Waals surface area contributed by atoms with Gasteiger partial charge in [0.25, 0.3) is 0 Å². The first-order valence-electron chi connectivity index (χ1n) is 9.19. The number of nitrogen functional groups attached to an aromatic ring is 1. The van der Waals surface area contributed by atoms with Crippen molar-refractivity contribution in [3.8, 4) is 22.5 Å². The number of nitrogens with two attached hydrogens (primary N) is 1. The number of hydrogen-bond acceptors (Lipinski definition) is 5. The number of nitrogens with zero attached hydrogens (tertiary/aromatic N) is 4. The van der Waals surface area contributed by atoms with Gasteiger partial charge in [-0.25, -0.2) is 9.97 Å². The number of fused-ring (bicyclic) bond motifs is 1. The number of hydrogen-bond donors (Lipinski definition) is 2. The summed E-state index contributed by atoms with van der Waals surface area (Å²) in [6.45, 7) is 1.02. The Morgan fingerprint density at radius 2 is 1.85 bits per heavy atom. The predicted molar refractivity (Wildman–Crippen MR) is 106 cm³/mol. The molecule has 4 aromatic rings. The first-order chi connectivity index (χ1) is 13.3. The molecule has 1 fully saturated rings. The predicted octanol–water partition coefficient (Wildman–Crippen LogP) is 3.47. The highest BCUT2D eigenvalue weighted by molar-refractivity contribution is 5.86. The van der Waals surface area contributed by atoms with E-state index in [4.69, 9.17) is 10.7 Å². The number of rotatable bonds is 3. The van der Waals surface area contributed by atoms with Crippen molar-refractivity contribution in [3.05, 3.63) is 66.9 Å². The van der Waals surface area contributed by atoms with Crippen LogP contribution in [0.4, 0.5) is 5.82 Å². The number of imidazole rings is 1. The average molecular weight is 356 g/mol. The van der Waals surface area contributed by atoms with Crippen molar-refractivity contribution < 1.29 is 0 Å². The van der Waals surface area contributed by atoms with E-state index in [0.29, 0.717) is 5.82 Å². The fourth-order valence-electron chi connectivity index (χ4n) is 3.77. The Balaban J connectivity index is 1.62. The molecule has 1 aliphatic rings. The summed E-state index contributed by atoms with van der Waals surface area (Å²) in [5.74, 6) is 1.50. The van der Waals surface area contributed by atoms with Crippen molar-refractivity contribution in [1.29, 1.82) is 0 Å². The van der Waals surface area contributed by atoms with Gasteiger partial charge in [-0.3, -0.25) is 9.38 Å². The van der Waals surface area contributed by atoms with E-state index in [9.17, 15) is 0 Å². The molecule has 5 rings (SSSR count). The lowest BCUT2D eigenvalue weighted by Crippen LogP contribution is -2.15. The lowest BCUT2D eigenvalue weighted by Gasteiger charge is -2.08. The fourth-order valence-corrected chi connectivity index (χ4v) is 3.77. The molecule has 1 unspecified atom stereocenters. The molecule has 6 heteroatoms. The summed E-state index contributed by atoms with van der Waals surface area (Å²) in [5.41, 5.74) is 11.0. The summed E-state index contributed by atoms with van der Waals surface area (Å²) in [7, 11) is 0. The van der Waals surface area contributed by atoms with E-state index < -0.39 is 0 Å². The highest BCUT2D eigenvalue weighted by atomic mass is 15.1. The molecular formula is C21H20N6. The number of nitrogens with one attached hydrogen (secondary N) is 1. The lowest BCUT2D eigenvalue weighted by molar-refractivity contribution is 0.603. The molecule has 0 amide bonds. The molecule has 4 heterocycles. The van der Waals surface area contributed by atoms with E-state index in [-0.39, 0.29) is 6.04 Å². The zero-order chi connectivity index (χ0) is 18.2. The first kappa shape index (κ1) is 16.0. The van der Waals surface area contributed by atoms with Crippen molar-refractivity contribution in [2.45, 2.75) is 18.9 Å². The summed E-state index contributed by atoms with van der Waals surface area (Å²) >= 11 is 0. The van der Waals surface area contributed by atoms with Crippen LogP contribution >= 0.6 is 0 Å². The molecule has 1 atom stereocenters. The quantitative estimate of drug-likeness (QED) is 0.587. The third-order valence-corrected chi connectivity index (χ3v) is 5.10. The SMILES string of the molecule is Nc1nccn2c(C3CCCN3)nc(-c3ccc(-c4ccccn4)cc3)c12. The molecule has 134 valence electrons. The van der Waals surface area contributed by atoms with Gasteiger partial charge in [0.05, 0.1) is 11.7 Å². The van der Waals surface area contributed by atoms with Crippen molar-refractivity contribution in [1.82, 2.24) is 24.7 Å². The largest absolute Gasteiger partial charge is 0.382 e. The molecule has 0 spiro atoms. The van der Waals surface area contributed by atoms with Crippen molar-refractivity contribution in [2.24, 2.45) is 0 Å². The summed E-state index contributed by atoms with van der Waals surface area (Å²) in [6, 6.07) is 14.5. The number of aromatic nitrogens is 4. The second kappa shape index (κ2) is 6.48. The van der Waals surface area contributed by atoms with Crippen LogP contribution in [0.5, 0.6) is 0 Å². The smallest absolute Gasteiger partial charge is 0.150 e. The second-order valence-electron chi connectivity index (χ2n) is 6.79. The van der Waals surface area contributed by atoms with E-state index in [1.807, 2.05) is 24.4 Å². The maximum atomic E-state index is 6.22. The Hall–Kier alpha value is -3.25. The van der Waals surface area contributed by atoms with Gasteiger partial charge in [0, 0.05) is 29.7 Å². The van der Waals surface area contributed by atoms with E-state index in [1.165, 1.54) is 0 Å². The molecule has 3 aromatic heterocycles. The maximum absolute atomic E-state index is 6.22. The Morgan fingerprint density at radius 1 is 1.00 bits per heavy atom. The Bertz CT molecular complexity index is 1080. The van der Waals surface area contributed by atoms with Crippen LogP contribution in [0.25, 0.3) is 28.0 Å². The van der Waals surface area contributed by atoms with Crippen LogP contribution in [0.2, 0.25) is 0 Å². The van der Waals surface area contributed by atoms with Crippen molar-refractivity contribution in [3.63, 3.8) is 0 Å². The molecule has 0 aliphatic carbocycles. The zero-order valence-electron chi connectivity index (χ0n) is 14.8.